The van der Waals surface area contributed by atoms with Gasteiger partial charge in [0.25, 0.3) is 0 Å². The number of carboxylic acid groups (broad SMARTS) is 1. The number of carbonyl (C=O) groups excluding carboxylic acids is 1. The Balaban J connectivity index is 1.30. The van der Waals surface area contributed by atoms with Crippen molar-refractivity contribution in [2.75, 3.05) is 16.8 Å². The van der Waals surface area contributed by atoms with E-state index in [2.05, 4.69) is 15.3 Å². The molecule has 1 aliphatic heterocycles. The van der Waals surface area contributed by atoms with Crippen LogP contribution in [0.1, 0.15) is 36.3 Å². The summed E-state index contributed by atoms with van der Waals surface area (Å²) in [5.41, 5.74) is 4.22. The maximum atomic E-state index is 13.4. The van der Waals surface area contributed by atoms with Gasteiger partial charge in [0, 0.05) is 17.8 Å². The smallest absolute Gasteiger partial charge is 0.356 e. The van der Waals surface area contributed by atoms with Crippen LogP contribution in [0.3, 0.4) is 0 Å². The van der Waals surface area contributed by atoms with Crippen molar-refractivity contribution in [2.24, 2.45) is 0 Å². The number of aryl methyl sites for hydroxylation is 1. The molecule has 0 spiro atoms. The number of ether oxygens (including phenoxy) is 1. The largest absolute Gasteiger partial charge is 0.491 e. The Hall–Kier alpha value is -4.28. The second kappa shape index (κ2) is 10.7. The second-order valence-corrected chi connectivity index (χ2v) is 11.7. The lowest BCUT2D eigenvalue weighted by molar-refractivity contribution is 0.0692. The molecule has 0 radical (unpaired) electrons. The lowest BCUT2D eigenvalue weighted by Gasteiger charge is -2.29. The molecule has 202 valence electrons. The van der Waals surface area contributed by atoms with Crippen molar-refractivity contribution >= 4 is 55.7 Å². The average molecular weight is 571 g/mol. The Kier molecular flexibility index (Phi) is 6.95. The molecular weight excluding hydrogens is 544 g/mol. The van der Waals surface area contributed by atoms with E-state index in [0.717, 1.165) is 51.2 Å². The van der Waals surface area contributed by atoms with E-state index in [0.29, 0.717) is 21.6 Å². The zero-order chi connectivity index (χ0) is 27.8. The summed E-state index contributed by atoms with van der Waals surface area (Å²) in [6.45, 7) is 4.48. The van der Waals surface area contributed by atoms with Crippen LogP contribution < -0.4 is 15.0 Å². The van der Waals surface area contributed by atoms with Gasteiger partial charge in [-0.2, -0.15) is 0 Å². The molecule has 8 nitrogen and oxygen atoms in total. The molecule has 0 aliphatic carbocycles. The summed E-state index contributed by atoms with van der Waals surface area (Å²) in [5.74, 6) is -0.367. The molecule has 3 aromatic carbocycles. The van der Waals surface area contributed by atoms with Gasteiger partial charge < -0.3 is 9.84 Å². The van der Waals surface area contributed by atoms with Crippen molar-refractivity contribution < 1.29 is 19.4 Å². The first-order valence-electron chi connectivity index (χ1n) is 12.9. The predicted molar refractivity (Wildman–Crippen MR) is 160 cm³/mol. The van der Waals surface area contributed by atoms with Crippen molar-refractivity contribution in [1.82, 2.24) is 9.97 Å². The summed E-state index contributed by atoms with van der Waals surface area (Å²) in [6, 6.07) is 20.8. The summed E-state index contributed by atoms with van der Waals surface area (Å²) >= 11 is 2.76. The Morgan fingerprint density at radius 3 is 2.52 bits per heavy atom. The zero-order valence-corrected chi connectivity index (χ0v) is 23.5. The van der Waals surface area contributed by atoms with Crippen molar-refractivity contribution in [2.45, 2.75) is 32.8 Å². The Bertz CT molecular complexity index is 1690. The number of benzene rings is 3. The van der Waals surface area contributed by atoms with E-state index >= 15 is 0 Å². The van der Waals surface area contributed by atoms with E-state index in [4.69, 9.17) is 4.74 Å². The van der Waals surface area contributed by atoms with Crippen molar-refractivity contribution in [3.05, 3.63) is 78.0 Å². The first-order valence-corrected chi connectivity index (χ1v) is 14.6. The van der Waals surface area contributed by atoms with Crippen LogP contribution in [0.5, 0.6) is 5.75 Å². The number of aromatic nitrogens is 2. The van der Waals surface area contributed by atoms with E-state index < -0.39 is 5.97 Å². The Morgan fingerprint density at radius 1 is 1.00 bits per heavy atom. The molecule has 40 heavy (non-hydrogen) atoms. The molecule has 0 saturated carbocycles. The number of rotatable bonds is 6. The maximum absolute atomic E-state index is 13.4. The number of hydrogen-bond donors (Lipinski definition) is 2. The number of fused-ring (bicyclic) bond motifs is 2. The van der Waals surface area contributed by atoms with Crippen LogP contribution >= 0.6 is 22.7 Å². The third-order valence-corrected chi connectivity index (χ3v) is 8.63. The summed E-state index contributed by atoms with van der Waals surface area (Å²) in [4.78, 5) is 36.8. The maximum Gasteiger partial charge on any atom is 0.356 e. The molecule has 3 heterocycles. The number of nitrogens with one attached hydrogen (secondary N) is 1. The molecular formula is C30H26N4O4S2. The molecule has 0 atom stereocenters. The summed E-state index contributed by atoms with van der Waals surface area (Å²) in [7, 11) is 0. The van der Waals surface area contributed by atoms with E-state index in [-0.39, 0.29) is 17.8 Å². The number of thiazole rings is 2. The highest BCUT2D eigenvalue weighted by molar-refractivity contribution is 7.22. The van der Waals surface area contributed by atoms with Gasteiger partial charge in [-0.1, -0.05) is 35.6 Å². The number of hydrogen-bond acceptors (Lipinski definition) is 7. The third kappa shape index (κ3) is 5.15. The van der Waals surface area contributed by atoms with Gasteiger partial charge in [0.1, 0.15) is 10.8 Å². The fraction of sp³-hybridized carbons (Fsp3) is 0.200. The quantitative estimate of drug-likeness (QED) is 0.218. The van der Waals surface area contributed by atoms with E-state index in [1.807, 2.05) is 80.6 Å². The highest BCUT2D eigenvalue weighted by Gasteiger charge is 2.26. The third-order valence-electron chi connectivity index (χ3n) is 6.52. The molecule has 5 aromatic rings. The van der Waals surface area contributed by atoms with Gasteiger partial charge in [-0.15, -0.1) is 11.3 Å². The summed E-state index contributed by atoms with van der Waals surface area (Å²) in [6.07, 6.45) is 1.75. The summed E-state index contributed by atoms with van der Waals surface area (Å²) < 4.78 is 6.73. The molecule has 10 heteroatoms. The highest BCUT2D eigenvalue weighted by Crippen LogP contribution is 2.39. The van der Waals surface area contributed by atoms with Crippen molar-refractivity contribution in [3.63, 3.8) is 0 Å². The van der Waals surface area contributed by atoms with Gasteiger partial charge >= 0.3 is 12.0 Å². The van der Waals surface area contributed by atoms with Crippen LogP contribution in [-0.2, 0) is 6.42 Å². The van der Waals surface area contributed by atoms with E-state index in [1.165, 1.54) is 22.7 Å². The van der Waals surface area contributed by atoms with Crippen LogP contribution in [0.15, 0.2) is 66.7 Å². The van der Waals surface area contributed by atoms with Crippen LogP contribution in [0.4, 0.5) is 15.6 Å². The van der Waals surface area contributed by atoms with Gasteiger partial charge in [-0.3, -0.25) is 10.2 Å². The van der Waals surface area contributed by atoms with Crippen LogP contribution in [0, 0.1) is 0 Å². The number of carboxylic acids is 1. The highest BCUT2D eigenvalue weighted by atomic mass is 32.1. The topological polar surface area (TPSA) is 105 Å². The van der Waals surface area contributed by atoms with Gasteiger partial charge in [-0.05, 0) is 80.3 Å². The number of carbonyl (C=O) groups is 2. The monoisotopic (exact) mass is 570 g/mol. The second-order valence-electron chi connectivity index (χ2n) is 9.71. The minimum absolute atomic E-state index is 0.000633. The summed E-state index contributed by atoms with van der Waals surface area (Å²) in [5, 5.41) is 14.0. The van der Waals surface area contributed by atoms with Crippen LogP contribution in [-0.4, -0.2) is 39.7 Å². The van der Waals surface area contributed by atoms with Crippen molar-refractivity contribution in [1.29, 1.82) is 0 Å². The number of urea groups is 1. The zero-order valence-electron chi connectivity index (χ0n) is 21.9. The fourth-order valence-corrected chi connectivity index (χ4v) is 6.66. The number of anilines is 2. The van der Waals surface area contributed by atoms with Crippen LogP contribution in [0.25, 0.3) is 31.2 Å². The van der Waals surface area contributed by atoms with Gasteiger partial charge in [-0.25, -0.2) is 19.6 Å². The molecule has 0 saturated heterocycles. The molecule has 0 bridgehead atoms. The molecule has 2 aromatic heterocycles. The number of aromatic carboxylic acids is 1. The predicted octanol–water partition coefficient (Wildman–Crippen LogP) is 7.56. The molecule has 6 rings (SSSR count). The number of amides is 2. The lowest BCUT2D eigenvalue weighted by Crippen LogP contribution is -2.38. The number of nitrogens with zero attached hydrogens (tertiary/aromatic N) is 3. The van der Waals surface area contributed by atoms with E-state index in [1.54, 1.807) is 4.90 Å². The average Bonchev–Trinajstić information content (AvgIpc) is 3.57. The number of para-hydroxylation sites is 1. The fourth-order valence-electron chi connectivity index (χ4n) is 4.74. The minimum Gasteiger partial charge on any atom is -0.491 e. The molecule has 2 N–H and O–H groups in total. The SMILES string of the molecule is CC(C)Oc1ccc(-c2sc(-c3ccc4c(c3)N(C(=O)Nc3nc5ccccc5s3)CCC4)nc2C(=O)O)cc1. The van der Waals surface area contributed by atoms with E-state index in [9.17, 15) is 14.7 Å². The van der Waals surface area contributed by atoms with Crippen molar-refractivity contribution in [3.8, 4) is 26.8 Å². The normalized spacial score (nSPS) is 12.9. The standard InChI is InChI=1S/C30H26N4O4S2/c1-17(2)38-21-13-11-19(12-14-21)26-25(28(35)36)32-27(40-26)20-10-9-18-6-5-15-34(23(18)16-20)30(37)33-29-31-22-7-3-4-8-24(22)39-29/h3-4,7-14,16-17H,5-6,15H2,1-2H3,(H,35,36)(H,31,33,37). The van der Waals surface area contributed by atoms with Gasteiger partial charge in [0.2, 0.25) is 0 Å². The molecule has 1 aliphatic rings. The molecule has 0 fully saturated rings. The Morgan fingerprint density at radius 2 is 1.77 bits per heavy atom. The van der Waals surface area contributed by atoms with Crippen LogP contribution in [0.2, 0.25) is 0 Å². The molecule has 0 unspecified atom stereocenters. The first-order chi connectivity index (χ1) is 19.4. The van der Waals surface area contributed by atoms with Gasteiger partial charge in [0.05, 0.1) is 21.2 Å². The first kappa shape index (κ1) is 26.0. The van der Waals surface area contributed by atoms with Gasteiger partial charge in [0.15, 0.2) is 10.8 Å². The Labute approximate surface area is 238 Å². The molecule has 2 amide bonds. The minimum atomic E-state index is -1.09. The lowest BCUT2D eigenvalue weighted by atomic mass is 10.00.